The number of halogens is 2. The molecule has 8 heteroatoms. The third-order valence-corrected chi connectivity index (χ3v) is 2.57. The number of carboxylic acid groups (broad SMARTS) is 3. The molecule has 0 spiro atoms. The normalized spacial score (nSPS) is 10.4. The molecule has 6 nitrogen and oxygen atoms in total. The lowest BCUT2D eigenvalue weighted by Gasteiger charge is -2.12. The van der Waals surface area contributed by atoms with Crippen LogP contribution in [0.1, 0.15) is 41.5 Å². The zero-order valence-electron chi connectivity index (χ0n) is 8.55. The highest BCUT2D eigenvalue weighted by Gasteiger charge is 2.28. The van der Waals surface area contributed by atoms with Crippen molar-refractivity contribution in [2.75, 3.05) is 0 Å². The van der Waals surface area contributed by atoms with E-state index in [1.165, 1.54) is 0 Å². The maximum atomic E-state index is 11.1. The Morgan fingerprint density at radius 1 is 0.889 bits per heavy atom. The Labute approximate surface area is 110 Å². The van der Waals surface area contributed by atoms with Crippen molar-refractivity contribution in [3.8, 4) is 0 Å². The summed E-state index contributed by atoms with van der Waals surface area (Å²) in [5, 5.41) is 26.7. The van der Waals surface area contributed by atoms with Gasteiger partial charge in [0.05, 0.1) is 16.7 Å². The number of alkyl halides is 2. The van der Waals surface area contributed by atoms with Gasteiger partial charge >= 0.3 is 17.9 Å². The Bertz CT molecular complexity index is 537. The summed E-state index contributed by atoms with van der Waals surface area (Å²) in [4.78, 5) is 31.4. The topological polar surface area (TPSA) is 112 Å². The van der Waals surface area contributed by atoms with Gasteiger partial charge in [0.15, 0.2) is 0 Å². The summed E-state index contributed by atoms with van der Waals surface area (Å²) in [6, 6.07) is 1.83. The second-order valence-corrected chi connectivity index (χ2v) is 4.26. The predicted molar refractivity (Wildman–Crippen MR) is 61.8 cm³/mol. The Balaban J connectivity index is 3.76. The van der Waals surface area contributed by atoms with Gasteiger partial charge in [0.25, 0.3) is 0 Å². The van der Waals surface area contributed by atoms with E-state index in [4.69, 9.17) is 38.5 Å². The molecule has 0 aliphatic carbocycles. The summed E-state index contributed by atoms with van der Waals surface area (Å²) in [7, 11) is 0. The summed E-state index contributed by atoms with van der Waals surface area (Å²) in [5.41, 5.74) is -2.20. The van der Waals surface area contributed by atoms with E-state index in [2.05, 4.69) is 0 Å². The van der Waals surface area contributed by atoms with Crippen molar-refractivity contribution in [1.82, 2.24) is 0 Å². The fourth-order valence-corrected chi connectivity index (χ4v) is 1.89. The Morgan fingerprint density at radius 3 is 1.67 bits per heavy atom. The molecule has 0 saturated heterocycles. The first-order valence-electron chi connectivity index (χ1n) is 4.42. The lowest BCUT2D eigenvalue weighted by Crippen LogP contribution is -2.15. The molecule has 0 heterocycles. The smallest absolute Gasteiger partial charge is 0.336 e. The average Bonchev–Trinajstić information content (AvgIpc) is 2.26. The molecule has 3 N–H and O–H groups in total. The number of hydrogen-bond donors (Lipinski definition) is 3. The quantitative estimate of drug-likeness (QED) is 0.734. The van der Waals surface area contributed by atoms with Crippen LogP contribution < -0.4 is 0 Å². The van der Waals surface area contributed by atoms with Gasteiger partial charge < -0.3 is 15.3 Å². The lowest BCUT2D eigenvalue weighted by atomic mass is 9.96. The SMILES string of the molecule is O=C(O)c1ccc(C(=O)O)c(C(Cl)Cl)c1C(=O)O. The maximum absolute atomic E-state index is 11.1. The van der Waals surface area contributed by atoms with E-state index >= 15 is 0 Å². The Kier molecular flexibility index (Phi) is 4.15. The highest BCUT2D eigenvalue weighted by molar-refractivity contribution is 6.44. The molecule has 0 aliphatic rings. The van der Waals surface area contributed by atoms with Crippen LogP contribution in [0.25, 0.3) is 0 Å². The molecule has 0 unspecified atom stereocenters. The second kappa shape index (κ2) is 5.24. The molecule has 96 valence electrons. The number of carboxylic acids is 3. The highest BCUT2D eigenvalue weighted by atomic mass is 35.5. The van der Waals surface area contributed by atoms with Crippen LogP contribution in [0.4, 0.5) is 0 Å². The molecule has 1 aromatic carbocycles. The summed E-state index contributed by atoms with van der Waals surface area (Å²) in [5.74, 6) is -4.58. The Hall–Kier alpha value is -1.79. The van der Waals surface area contributed by atoms with Crippen molar-refractivity contribution in [1.29, 1.82) is 0 Å². The summed E-state index contributed by atoms with van der Waals surface area (Å²) < 4.78 is 0. The molecule has 0 fully saturated rings. The van der Waals surface area contributed by atoms with Crippen LogP contribution in [-0.2, 0) is 0 Å². The first kappa shape index (κ1) is 14.3. The van der Waals surface area contributed by atoms with Crippen molar-refractivity contribution >= 4 is 41.1 Å². The minimum Gasteiger partial charge on any atom is -0.478 e. The van der Waals surface area contributed by atoms with Gasteiger partial charge in [0.2, 0.25) is 0 Å². The second-order valence-electron chi connectivity index (χ2n) is 3.17. The number of hydrogen-bond acceptors (Lipinski definition) is 3. The number of benzene rings is 1. The van der Waals surface area contributed by atoms with Crippen molar-refractivity contribution in [3.05, 3.63) is 34.4 Å². The summed E-state index contributed by atoms with van der Waals surface area (Å²) in [6.45, 7) is 0. The van der Waals surface area contributed by atoms with Gasteiger partial charge in [-0.1, -0.05) is 0 Å². The minimum absolute atomic E-state index is 0.446. The molecule has 0 aromatic heterocycles. The summed E-state index contributed by atoms with van der Waals surface area (Å²) >= 11 is 11.0. The van der Waals surface area contributed by atoms with Crippen LogP contribution in [0.2, 0.25) is 0 Å². The highest BCUT2D eigenvalue weighted by Crippen LogP contribution is 2.33. The standard InChI is InChI=1S/C10H6Cl2O6/c11-7(12)5-3(8(13)14)1-2-4(9(15)16)6(5)10(17)18/h1-2,7H,(H,13,14)(H,15,16)(H,17,18). The molecule has 1 rings (SSSR count). The van der Waals surface area contributed by atoms with Crippen LogP contribution in [0.15, 0.2) is 12.1 Å². The molecule has 0 radical (unpaired) electrons. The van der Waals surface area contributed by atoms with E-state index in [0.29, 0.717) is 0 Å². The average molecular weight is 293 g/mol. The van der Waals surface area contributed by atoms with Crippen LogP contribution in [0.3, 0.4) is 0 Å². The van der Waals surface area contributed by atoms with Crippen LogP contribution in [-0.4, -0.2) is 33.2 Å². The van der Waals surface area contributed by atoms with Crippen LogP contribution in [0, 0.1) is 0 Å². The van der Waals surface area contributed by atoms with Crippen molar-refractivity contribution in [2.24, 2.45) is 0 Å². The van der Waals surface area contributed by atoms with E-state index in [0.717, 1.165) is 12.1 Å². The van der Waals surface area contributed by atoms with Gasteiger partial charge in [-0.05, 0) is 12.1 Å². The van der Waals surface area contributed by atoms with Gasteiger partial charge in [0, 0.05) is 5.56 Å². The molecule has 0 amide bonds. The van der Waals surface area contributed by atoms with Gasteiger partial charge in [-0.2, -0.15) is 0 Å². The minimum atomic E-state index is -1.61. The molecular weight excluding hydrogens is 287 g/mol. The number of carbonyl (C=O) groups is 3. The maximum Gasteiger partial charge on any atom is 0.336 e. The zero-order valence-corrected chi connectivity index (χ0v) is 10.1. The third-order valence-electron chi connectivity index (χ3n) is 2.14. The van der Waals surface area contributed by atoms with E-state index in [9.17, 15) is 14.4 Å². The van der Waals surface area contributed by atoms with E-state index in [1.807, 2.05) is 0 Å². The first-order valence-corrected chi connectivity index (χ1v) is 5.29. The van der Waals surface area contributed by atoms with Crippen LogP contribution >= 0.6 is 23.2 Å². The van der Waals surface area contributed by atoms with Crippen molar-refractivity contribution < 1.29 is 29.7 Å². The zero-order chi connectivity index (χ0) is 14.0. The molecule has 1 aromatic rings. The van der Waals surface area contributed by atoms with Gasteiger partial charge in [-0.15, -0.1) is 23.2 Å². The van der Waals surface area contributed by atoms with Gasteiger partial charge in [0.1, 0.15) is 4.84 Å². The van der Waals surface area contributed by atoms with E-state index < -0.39 is 45.0 Å². The first-order chi connectivity index (χ1) is 8.27. The largest absolute Gasteiger partial charge is 0.478 e. The van der Waals surface area contributed by atoms with Gasteiger partial charge in [-0.25, -0.2) is 14.4 Å². The molecular formula is C10H6Cl2O6. The fourth-order valence-electron chi connectivity index (χ4n) is 1.44. The summed E-state index contributed by atoms with van der Waals surface area (Å²) in [6.07, 6.45) is 0. The molecule has 0 bridgehead atoms. The molecule has 0 saturated carbocycles. The fraction of sp³-hybridized carbons (Fsp3) is 0.100. The monoisotopic (exact) mass is 292 g/mol. The number of aromatic carboxylic acids is 3. The number of rotatable bonds is 4. The predicted octanol–water partition coefficient (Wildman–Crippen LogP) is 2.26. The molecule has 18 heavy (non-hydrogen) atoms. The van der Waals surface area contributed by atoms with Crippen molar-refractivity contribution in [2.45, 2.75) is 4.84 Å². The third kappa shape index (κ3) is 2.55. The van der Waals surface area contributed by atoms with E-state index in [-0.39, 0.29) is 0 Å². The van der Waals surface area contributed by atoms with Crippen LogP contribution in [0.5, 0.6) is 0 Å². The Morgan fingerprint density at radius 2 is 1.33 bits per heavy atom. The lowest BCUT2D eigenvalue weighted by molar-refractivity contribution is 0.0648. The molecule has 0 aliphatic heterocycles. The molecule has 0 atom stereocenters. The van der Waals surface area contributed by atoms with Gasteiger partial charge in [-0.3, -0.25) is 0 Å². The van der Waals surface area contributed by atoms with Crippen molar-refractivity contribution in [3.63, 3.8) is 0 Å². The van der Waals surface area contributed by atoms with E-state index in [1.54, 1.807) is 0 Å².